The van der Waals surface area contributed by atoms with E-state index in [1.54, 1.807) is 0 Å². The summed E-state index contributed by atoms with van der Waals surface area (Å²) in [6, 6.07) is 0. The Hall–Kier alpha value is -1.02. The van der Waals surface area contributed by atoms with E-state index in [2.05, 4.69) is 38.2 Å². The van der Waals surface area contributed by atoms with Crippen molar-refractivity contribution in [3.05, 3.63) is 24.3 Å². The Morgan fingerprint density at radius 2 is 0.981 bits per heavy atom. The number of hydrogen-bond donors (Lipinski definition) is 0. The largest absolute Gasteiger partial charge is 0.756 e. The van der Waals surface area contributed by atoms with Crippen LogP contribution in [0.3, 0.4) is 0 Å². The zero-order chi connectivity index (χ0) is 39.1. The van der Waals surface area contributed by atoms with E-state index >= 15 is 0 Å². The number of phosphoric ester groups is 1. The number of nitrogens with zero attached hydrogens (tertiary/aromatic N) is 1. The van der Waals surface area contributed by atoms with E-state index in [4.69, 9.17) is 18.5 Å². The summed E-state index contributed by atoms with van der Waals surface area (Å²) in [5.41, 5.74) is 0. The van der Waals surface area contributed by atoms with Crippen LogP contribution >= 0.6 is 7.82 Å². The predicted octanol–water partition coefficient (Wildman–Crippen LogP) is 12.2. The molecule has 0 N–H and O–H groups in total. The lowest BCUT2D eigenvalue weighted by Gasteiger charge is -2.28. The molecule has 0 amide bonds. The normalized spacial score (nSPS) is 14.0. The van der Waals surface area contributed by atoms with Crippen LogP contribution in [0.5, 0.6) is 0 Å². The maximum Gasteiger partial charge on any atom is 0.306 e. The topological polar surface area (TPSA) is 94.1 Å². The first-order valence-electron chi connectivity index (χ1n) is 22.1. The Kier molecular flexibility index (Phi) is 37.2. The lowest BCUT2D eigenvalue weighted by molar-refractivity contribution is -0.870. The van der Waals surface area contributed by atoms with E-state index in [1.807, 2.05) is 21.1 Å². The van der Waals surface area contributed by atoms with Crippen LogP contribution in [0.2, 0.25) is 0 Å². The molecular formula is C44H86NO7P. The zero-order valence-electron chi connectivity index (χ0n) is 35.5. The quantitative estimate of drug-likeness (QED) is 0.0201. The minimum absolute atomic E-state index is 0.0250. The van der Waals surface area contributed by atoms with Gasteiger partial charge in [-0.25, -0.2) is 0 Å². The number of esters is 1. The van der Waals surface area contributed by atoms with Crippen LogP contribution in [0.4, 0.5) is 0 Å². The van der Waals surface area contributed by atoms with Crippen molar-refractivity contribution < 1.29 is 37.3 Å². The molecule has 0 aromatic rings. The smallest absolute Gasteiger partial charge is 0.306 e. The average molecular weight is 772 g/mol. The molecule has 2 unspecified atom stereocenters. The van der Waals surface area contributed by atoms with Gasteiger partial charge in [0, 0.05) is 13.0 Å². The lowest BCUT2D eigenvalue weighted by Crippen LogP contribution is -2.37. The molecule has 8 nitrogen and oxygen atoms in total. The Balaban J connectivity index is 4.19. The summed E-state index contributed by atoms with van der Waals surface area (Å²) in [6.45, 7) is 5.38. The van der Waals surface area contributed by atoms with Gasteiger partial charge in [-0.2, -0.15) is 0 Å². The van der Waals surface area contributed by atoms with Crippen molar-refractivity contribution in [1.82, 2.24) is 0 Å². The molecule has 0 rings (SSSR count). The van der Waals surface area contributed by atoms with Crippen LogP contribution in [0.1, 0.15) is 194 Å². The Labute approximate surface area is 328 Å². The third-order valence-electron chi connectivity index (χ3n) is 9.48. The minimum atomic E-state index is -4.52. The molecular weight excluding hydrogens is 685 g/mol. The first-order chi connectivity index (χ1) is 25.6. The van der Waals surface area contributed by atoms with Crippen molar-refractivity contribution >= 4 is 13.8 Å². The third kappa shape index (κ3) is 42.0. The van der Waals surface area contributed by atoms with E-state index in [1.165, 1.54) is 128 Å². The number of allylic oxidation sites excluding steroid dienone is 4. The number of hydrogen-bond acceptors (Lipinski definition) is 7. The molecule has 0 spiro atoms. The van der Waals surface area contributed by atoms with E-state index < -0.39 is 13.9 Å². The van der Waals surface area contributed by atoms with Gasteiger partial charge < -0.3 is 27.9 Å². The lowest BCUT2D eigenvalue weighted by atomic mass is 10.1. The highest BCUT2D eigenvalue weighted by Crippen LogP contribution is 2.38. The Bertz CT molecular complexity index is 905. The first kappa shape index (κ1) is 52.0. The fourth-order valence-electron chi connectivity index (χ4n) is 6.01. The minimum Gasteiger partial charge on any atom is -0.756 e. The van der Waals surface area contributed by atoms with Crippen molar-refractivity contribution in [2.24, 2.45) is 0 Å². The molecule has 0 radical (unpaired) electrons. The van der Waals surface area contributed by atoms with Gasteiger partial charge in [0.2, 0.25) is 0 Å². The average Bonchev–Trinajstić information content (AvgIpc) is 3.11. The molecule has 0 aliphatic carbocycles. The Morgan fingerprint density at radius 3 is 1.47 bits per heavy atom. The highest BCUT2D eigenvalue weighted by molar-refractivity contribution is 7.45. The van der Waals surface area contributed by atoms with E-state index in [-0.39, 0.29) is 25.8 Å². The summed E-state index contributed by atoms with van der Waals surface area (Å²) in [4.78, 5) is 25.0. The van der Waals surface area contributed by atoms with Gasteiger partial charge in [-0.3, -0.25) is 9.36 Å². The second-order valence-electron chi connectivity index (χ2n) is 16.0. The van der Waals surface area contributed by atoms with Crippen LogP contribution < -0.4 is 4.89 Å². The highest BCUT2D eigenvalue weighted by atomic mass is 31.2. The summed E-state index contributed by atoms with van der Waals surface area (Å²) >= 11 is 0. The fourth-order valence-corrected chi connectivity index (χ4v) is 6.73. The van der Waals surface area contributed by atoms with Crippen LogP contribution in [-0.4, -0.2) is 70.7 Å². The number of quaternary nitrogens is 1. The van der Waals surface area contributed by atoms with Crippen molar-refractivity contribution in [3.8, 4) is 0 Å². The second kappa shape index (κ2) is 37.9. The van der Waals surface area contributed by atoms with E-state index in [9.17, 15) is 14.3 Å². The molecule has 0 aliphatic heterocycles. The standard InChI is InChI=1S/C44H86NO7P/c1-6-8-10-12-14-16-18-20-21-22-23-24-25-26-28-30-32-34-36-39-49-41-43(42-51-53(47,48)50-40-38-45(3,4)5)52-44(46)37-35-33-31-29-27-19-17-15-13-11-9-7-2/h15,17,21-22,43H,6-14,16,18-20,23-42H2,1-5H3/b17-15-,22-21-. The van der Waals surface area contributed by atoms with Gasteiger partial charge in [-0.15, -0.1) is 0 Å². The molecule has 0 aromatic heterocycles. The number of ether oxygens (including phenoxy) is 2. The van der Waals surface area contributed by atoms with Crippen molar-refractivity contribution in [2.45, 2.75) is 200 Å². The molecule has 314 valence electrons. The summed E-state index contributed by atoms with van der Waals surface area (Å²) in [6.07, 6.45) is 41.9. The number of likely N-dealkylation sites (N-methyl/N-ethyl adjacent to an activating group) is 1. The van der Waals surface area contributed by atoms with Crippen LogP contribution in [0, 0.1) is 0 Å². The van der Waals surface area contributed by atoms with Gasteiger partial charge in [0.1, 0.15) is 19.3 Å². The van der Waals surface area contributed by atoms with E-state index in [0.29, 0.717) is 24.1 Å². The maximum absolute atomic E-state index is 12.6. The zero-order valence-corrected chi connectivity index (χ0v) is 36.4. The van der Waals surface area contributed by atoms with Gasteiger partial charge >= 0.3 is 5.97 Å². The van der Waals surface area contributed by atoms with Crippen LogP contribution in [0.25, 0.3) is 0 Å². The summed E-state index contributed by atoms with van der Waals surface area (Å²) in [5, 5.41) is 0. The highest BCUT2D eigenvalue weighted by Gasteiger charge is 2.20. The number of phosphoric acid groups is 1. The van der Waals surface area contributed by atoms with Gasteiger partial charge in [0.05, 0.1) is 34.4 Å². The van der Waals surface area contributed by atoms with E-state index in [0.717, 1.165) is 44.9 Å². The molecule has 0 fully saturated rings. The van der Waals surface area contributed by atoms with Gasteiger partial charge in [0.25, 0.3) is 7.82 Å². The fraction of sp³-hybridized carbons (Fsp3) is 0.886. The molecule has 53 heavy (non-hydrogen) atoms. The number of carbonyl (C=O) groups excluding carboxylic acids is 1. The third-order valence-corrected chi connectivity index (χ3v) is 10.4. The van der Waals surface area contributed by atoms with Crippen LogP contribution in [0.15, 0.2) is 24.3 Å². The second-order valence-corrected chi connectivity index (χ2v) is 17.5. The summed E-state index contributed by atoms with van der Waals surface area (Å²) in [5.74, 6) is -0.344. The van der Waals surface area contributed by atoms with Crippen molar-refractivity contribution in [1.29, 1.82) is 0 Å². The summed E-state index contributed by atoms with van der Waals surface area (Å²) in [7, 11) is 1.35. The maximum atomic E-state index is 12.6. The number of carbonyl (C=O) groups is 1. The van der Waals surface area contributed by atoms with Crippen molar-refractivity contribution in [3.63, 3.8) is 0 Å². The number of unbranched alkanes of at least 4 members (excludes halogenated alkanes) is 23. The number of rotatable bonds is 41. The SMILES string of the molecule is CCCCC/C=C\CCCCCCCC(=O)OC(COCCCCCCCCCC/C=C\CCCCCCCCC)COP(=O)([O-])OCC[N+](C)(C)C. The van der Waals surface area contributed by atoms with Gasteiger partial charge in [-0.1, -0.05) is 147 Å². The molecule has 0 aromatic carbocycles. The molecule has 2 atom stereocenters. The molecule has 0 aliphatic rings. The monoisotopic (exact) mass is 772 g/mol. The molecule has 0 bridgehead atoms. The van der Waals surface area contributed by atoms with Gasteiger partial charge in [0.15, 0.2) is 0 Å². The summed E-state index contributed by atoms with van der Waals surface area (Å²) < 4.78 is 34.5. The van der Waals surface area contributed by atoms with Crippen molar-refractivity contribution in [2.75, 3.05) is 54.1 Å². The van der Waals surface area contributed by atoms with Crippen LogP contribution in [-0.2, 0) is 27.9 Å². The molecule has 0 heterocycles. The Morgan fingerprint density at radius 1 is 0.566 bits per heavy atom. The van der Waals surface area contributed by atoms with Gasteiger partial charge in [-0.05, 0) is 64.2 Å². The molecule has 0 saturated carbocycles. The predicted molar refractivity (Wildman–Crippen MR) is 222 cm³/mol. The molecule has 0 saturated heterocycles. The first-order valence-corrected chi connectivity index (χ1v) is 23.5. The molecule has 9 heteroatoms.